The maximum absolute atomic E-state index is 9.60. The molecule has 0 saturated heterocycles. The van der Waals surface area contributed by atoms with Gasteiger partial charge in [0.1, 0.15) is 0 Å². The van der Waals surface area contributed by atoms with Crippen molar-refractivity contribution in [3.63, 3.8) is 0 Å². The summed E-state index contributed by atoms with van der Waals surface area (Å²) < 4.78 is 9.60. The van der Waals surface area contributed by atoms with Crippen LogP contribution in [-0.4, -0.2) is 46.4 Å². The van der Waals surface area contributed by atoms with E-state index in [1.807, 2.05) is 0 Å². The Kier molecular flexibility index (Phi) is 4.55. The first-order valence-electron chi connectivity index (χ1n) is 0.532. The van der Waals surface area contributed by atoms with E-state index in [0.29, 0.717) is 0 Å². The molecule has 0 unspecified atom stereocenters. The van der Waals surface area contributed by atoms with Crippen molar-refractivity contribution in [1.82, 2.24) is 0 Å². The first-order chi connectivity index (χ1) is 1.73. The molecule has 0 aliphatic heterocycles. The van der Waals surface area contributed by atoms with Crippen molar-refractivity contribution in [2.45, 2.75) is 0 Å². The van der Waals surface area contributed by atoms with Crippen molar-refractivity contribution in [1.29, 1.82) is 0 Å². The third-order valence-corrected chi connectivity index (χ3v) is 0. The Hall–Kier alpha value is 1.89. The molecule has 0 rings (SSSR count). The van der Waals surface area contributed by atoms with E-state index in [4.69, 9.17) is 0 Å². The molecule has 4 heavy (non-hydrogen) atoms. The van der Waals surface area contributed by atoms with E-state index in [1.165, 1.54) is 41.8 Å². The molecule has 0 aliphatic rings. The molecule has 4 heteroatoms. The fraction of sp³-hybridized carbons (Fsp3) is 0. The third kappa shape index (κ3) is 9.10. The molecule has 0 aromatic rings. The summed E-state index contributed by atoms with van der Waals surface area (Å²) in [6.07, 6.45) is 0. The molecule has 26 valence electrons. The monoisotopic (exact) mass is 310 g/mol. The van der Waals surface area contributed by atoms with Crippen LogP contribution < -0.4 is 0 Å². The average Bonchev–Trinajstić information content (AvgIpc) is 0.811. The molecule has 0 saturated carbocycles. The molecule has 1 nitrogen and oxygen atoms in total. The molecule has 0 aromatic carbocycles. The van der Waals surface area contributed by atoms with Gasteiger partial charge in [0.15, 0.2) is 0 Å². The number of rotatable bonds is 0. The molecule has 0 fully saturated rings. The normalized spacial score (nSPS) is 9.00. The Morgan fingerprint density at radius 3 is 1.50 bits per heavy atom. The van der Waals surface area contributed by atoms with E-state index in [0.717, 1.165) is 0 Å². The second-order valence-corrected chi connectivity index (χ2v) is 14.0. The summed E-state index contributed by atoms with van der Waals surface area (Å²) in [5.41, 5.74) is -0.511. The third-order valence-electron chi connectivity index (χ3n) is 0. The van der Waals surface area contributed by atoms with Gasteiger partial charge < -0.3 is 0 Å². The quantitative estimate of drug-likeness (QED) is 0.389. The van der Waals surface area contributed by atoms with Gasteiger partial charge in [0, 0.05) is 0 Å². The zero-order valence-corrected chi connectivity index (χ0v) is 7.63. The van der Waals surface area contributed by atoms with E-state index in [1.54, 1.807) is 0 Å². The molecule has 0 bridgehead atoms. The van der Waals surface area contributed by atoms with E-state index in [9.17, 15) is 4.55 Å². The van der Waals surface area contributed by atoms with Crippen molar-refractivity contribution >= 4 is 47.5 Å². The van der Waals surface area contributed by atoms with Crippen LogP contribution >= 0.6 is 0 Å². The minimum atomic E-state index is -0.511. The van der Waals surface area contributed by atoms with Gasteiger partial charge >= 0.3 is 52.0 Å². The molecule has 0 heterocycles. The van der Waals surface area contributed by atoms with Crippen molar-refractivity contribution in [3.05, 3.63) is 0 Å². The van der Waals surface area contributed by atoms with Crippen LogP contribution in [-0.2, 0) is 5.63 Å². The zero-order chi connectivity index (χ0) is 3.58. The Morgan fingerprint density at radius 1 is 1.50 bits per heavy atom. The van der Waals surface area contributed by atoms with Crippen molar-refractivity contribution in [2.75, 3.05) is 0 Å². The van der Waals surface area contributed by atoms with Gasteiger partial charge in [-0.25, -0.2) is 0 Å². The van der Waals surface area contributed by atoms with Crippen molar-refractivity contribution in [3.8, 4) is 0 Å². The molecule has 0 spiro atoms. The van der Waals surface area contributed by atoms with Gasteiger partial charge in [-0.15, -0.1) is 0 Å². The predicted octanol–water partition coefficient (Wildman–Crippen LogP) is -1.63. The molecule has 0 aromatic heterocycles. The topological polar surface area (TPSA) is 23.1 Å². The van der Waals surface area contributed by atoms with Gasteiger partial charge in [0.2, 0.25) is 0 Å². The summed E-state index contributed by atoms with van der Waals surface area (Å²) in [4.78, 5) is 0. The van der Waals surface area contributed by atoms with Crippen molar-refractivity contribution < 1.29 is 4.55 Å². The second kappa shape index (κ2) is 3.09. The molecule has 0 N–H and O–H groups in total. The molecular formula is H2OSTe2. The van der Waals surface area contributed by atoms with Crippen molar-refractivity contribution in [2.24, 2.45) is 0 Å². The minimum absolute atomic E-state index is 0.511. The SMILES string of the molecule is [O-][S+]([TeH])[TeH]. The fourth-order valence-corrected chi connectivity index (χ4v) is 0. The predicted molar refractivity (Wildman–Crippen MR) is 22.4 cm³/mol. The van der Waals surface area contributed by atoms with Crippen LogP contribution in [0.5, 0.6) is 0 Å². The standard InChI is InChI=1S/H2OSTe2/c1-2(3)4/h(H2,1,3,4). The van der Waals surface area contributed by atoms with Crippen LogP contribution in [0.15, 0.2) is 0 Å². The van der Waals surface area contributed by atoms with Crippen LogP contribution in [0.1, 0.15) is 0 Å². The van der Waals surface area contributed by atoms with E-state index < -0.39 is 5.63 Å². The van der Waals surface area contributed by atoms with Crippen LogP contribution in [0.4, 0.5) is 0 Å². The van der Waals surface area contributed by atoms with Gasteiger partial charge in [-0.1, -0.05) is 0 Å². The number of hydrogen-bond donors (Lipinski definition) is 0. The zero-order valence-electron chi connectivity index (χ0n) is 1.71. The molecular weight excluding hydrogens is 303 g/mol. The van der Waals surface area contributed by atoms with Gasteiger partial charge in [0.25, 0.3) is 0 Å². The summed E-state index contributed by atoms with van der Waals surface area (Å²) >= 11 is 2.73. The second-order valence-electron chi connectivity index (χ2n) is 0.231. The molecule has 0 atom stereocenters. The fourth-order valence-electron chi connectivity index (χ4n) is 0. The summed E-state index contributed by atoms with van der Waals surface area (Å²) in [6, 6.07) is 0. The first kappa shape index (κ1) is 5.89. The van der Waals surface area contributed by atoms with E-state index in [2.05, 4.69) is 0 Å². The summed E-state index contributed by atoms with van der Waals surface area (Å²) in [6.45, 7) is 0. The van der Waals surface area contributed by atoms with E-state index >= 15 is 0 Å². The van der Waals surface area contributed by atoms with Crippen LogP contribution in [0.2, 0.25) is 0 Å². The maximum atomic E-state index is 9.60. The van der Waals surface area contributed by atoms with Crippen LogP contribution in [0.25, 0.3) is 0 Å². The van der Waals surface area contributed by atoms with Crippen LogP contribution in [0, 0.1) is 0 Å². The van der Waals surface area contributed by atoms with E-state index in [-0.39, 0.29) is 0 Å². The summed E-state index contributed by atoms with van der Waals surface area (Å²) in [7, 11) is 0. The van der Waals surface area contributed by atoms with Gasteiger partial charge in [-0.05, 0) is 0 Å². The summed E-state index contributed by atoms with van der Waals surface area (Å²) in [5.74, 6) is 0. The first-order valence-corrected chi connectivity index (χ1v) is 7.85. The molecule has 0 amide bonds. The molecule has 0 aliphatic carbocycles. The Balaban J connectivity index is 2.32. The van der Waals surface area contributed by atoms with Crippen LogP contribution in [0.3, 0.4) is 0 Å². The Labute approximate surface area is 51.5 Å². The van der Waals surface area contributed by atoms with Gasteiger partial charge in [0.05, 0.1) is 0 Å². The molecule has 0 radical (unpaired) electrons. The van der Waals surface area contributed by atoms with Gasteiger partial charge in [-0.2, -0.15) is 0 Å². The summed E-state index contributed by atoms with van der Waals surface area (Å²) in [5, 5.41) is 0. The number of hydrogen-bond acceptors (Lipinski definition) is 1. The average molecular weight is 305 g/mol. The Morgan fingerprint density at radius 2 is 1.50 bits per heavy atom. The van der Waals surface area contributed by atoms with Gasteiger partial charge in [-0.3, -0.25) is 0 Å². The Bertz CT molecular complexity index is 10.8.